The van der Waals surface area contributed by atoms with E-state index in [2.05, 4.69) is 10.6 Å². The van der Waals surface area contributed by atoms with Crippen LogP contribution in [0, 0.1) is 5.92 Å². The predicted molar refractivity (Wildman–Crippen MR) is 111 cm³/mol. The highest BCUT2D eigenvalue weighted by molar-refractivity contribution is 5.92. The number of amides is 3. The maximum atomic E-state index is 12.9. The van der Waals surface area contributed by atoms with Crippen LogP contribution < -0.4 is 10.6 Å². The Labute approximate surface area is 183 Å². The molecule has 0 aromatic heterocycles. The summed E-state index contributed by atoms with van der Waals surface area (Å²) in [5.41, 5.74) is 0.472. The van der Waals surface area contributed by atoms with Crippen LogP contribution >= 0.6 is 0 Å². The molecular formula is C23H24F3N3O3. The number of nitrogens with one attached hydrogen (secondary N) is 2. The Balaban J connectivity index is 1.51. The maximum absolute atomic E-state index is 12.9. The minimum atomic E-state index is -4.47. The molecule has 2 aromatic rings. The first-order chi connectivity index (χ1) is 15.1. The summed E-state index contributed by atoms with van der Waals surface area (Å²) in [6.07, 6.45) is -4.52. The molecule has 32 heavy (non-hydrogen) atoms. The van der Waals surface area contributed by atoms with Gasteiger partial charge in [0.2, 0.25) is 17.7 Å². The van der Waals surface area contributed by atoms with Crippen LogP contribution in [0.1, 0.15) is 30.0 Å². The normalized spacial score (nSPS) is 17.2. The number of carbonyl (C=O) groups is 3. The summed E-state index contributed by atoms with van der Waals surface area (Å²) < 4.78 is 38.7. The Morgan fingerprint density at radius 1 is 1.09 bits per heavy atom. The Bertz CT molecular complexity index is 979. The second-order valence-corrected chi connectivity index (χ2v) is 7.81. The molecule has 6 nitrogen and oxygen atoms in total. The van der Waals surface area contributed by atoms with E-state index in [1.165, 1.54) is 17.0 Å². The molecule has 3 amide bonds. The molecule has 0 aliphatic carbocycles. The summed E-state index contributed by atoms with van der Waals surface area (Å²) in [4.78, 5) is 38.5. The second-order valence-electron chi connectivity index (χ2n) is 7.81. The molecule has 0 radical (unpaired) electrons. The highest BCUT2D eigenvalue weighted by Gasteiger charge is 2.36. The van der Waals surface area contributed by atoms with E-state index in [0.29, 0.717) is 12.1 Å². The third-order valence-corrected chi connectivity index (χ3v) is 5.27. The molecule has 3 rings (SSSR count). The number of alkyl halides is 3. The molecule has 2 N–H and O–H groups in total. The summed E-state index contributed by atoms with van der Waals surface area (Å²) in [6.45, 7) is 1.95. The van der Waals surface area contributed by atoms with Crippen LogP contribution in [0.3, 0.4) is 0 Å². The number of halogens is 3. The Kier molecular flexibility index (Phi) is 7.17. The van der Waals surface area contributed by atoms with Crippen molar-refractivity contribution in [1.29, 1.82) is 0 Å². The van der Waals surface area contributed by atoms with Gasteiger partial charge in [-0.15, -0.1) is 0 Å². The van der Waals surface area contributed by atoms with E-state index in [-0.39, 0.29) is 31.3 Å². The highest BCUT2D eigenvalue weighted by atomic mass is 19.4. The van der Waals surface area contributed by atoms with Crippen LogP contribution in [-0.4, -0.2) is 35.2 Å². The van der Waals surface area contributed by atoms with Crippen molar-refractivity contribution in [3.05, 3.63) is 71.3 Å². The van der Waals surface area contributed by atoms with Crippen LogP contribution in [-0.2, 0) is 33.6 Å². The van der Waals surface area contributed by atoms with E-state index in [9.17, 15) is 27.6 Å². The Hall–Kier alpha value is -3.36. The van der Waals surface area contributed by atoms with Crippen molar-refractivity contribution < 1.29 is 27.6 Å². The number of benzene rings is 2. The van der Waals surface area contributed by atoms with Gasteiger partial charge in [-0.3, -0.25) is 14.4 Å². The minimum Gasteiger partial charge on any atom is -0.350 e. The molecular weight excluding hydrogens is 423 g/mol. The predicted octanol–water partition coefficient (Wildman–Crippen LogP) is 2.88. The van der Waals surface area contributed by atoms with Crippen LogP contribution in [0.5, 0.6) is 0 Å². The van der Waals surface area contributed by atoms with E-state index in [4.69, 9.17) is 0 Å². The quantitative estimate of drug-likeness (QED) is 0.685. The molecule has 1 aliphatic rings. The lowest BCUT2D eigenvalue weighted by atomic mass is 10.1. The molecule has 1 fully saturated rings. The average Bonchev–Trinajstić information content (AvgIpc) is 3.12. The zero-order valence-electron chi connectivity index (χ0n) is 17.5. The van der Waals surface area contributed by atoms with Gasteiger partial charge in [0.25, 0.3) is 0 Å². The van der Waals surface area contributed by atoms with E-state index in [1.54, 1.807) is 6.92 Å². The van der Waals surface area contributed by atoms with Gasteiger partial charge in [-0.25, -0.2) is 0 Å². The van der Waals surface area contributed by atoms with Crippen molar-refractivity contribution >= 4 is 17.7 Å². The van der Waals surface area contributed by atoms with Crippen LogP contribution in [0.25, 0.3) is 0 Å². The summed E-state index contributed by atoms with van der Waals surface area (Å²) in [5, 5.41) is 5.35. The molecule has 1 aliphatic heterocycles. The summed E-state index contributed by atoms with van der Waals surface area (Å²) in [5.74, 6) is -1.78. The monoisotopic (exact) mass is 447 g/mol. The number of hydrogen-bond acceptors (Lipinski definition) is 3. The molecule has 0 saturated carbocycles. The number of carbonyl (C=O) groups excluding carboxylic acids is 3. The van der Waals surface area contributed by atoms with E-state index >= 15 is 0 Å². The minimum absolute atomic E-state index is 0.0142. The lowest BCUT2D eigenvalue weighted by Crippen LogP contribution is -2.46. The van der Waals surface area contributed by atoms with Gasteiger partial charge in [-0.1, -0.05) is 42.5 Å². The molecule has 2 aromatic carbocycles. The standard InChI is InChI=1S/C23H24F3N3O3/c1-15(21(31)27-12-16-6-3-2-4-7-16)28-22(32)18-11-20(30)29(14-18)13-17-8-5-9-19(10-17)23(24,25)26/h2-10,15,18H,11-14H2,1H3,(H,27,31)(H,28,32). The fourth-order valence-electron chi connectivity index (χ4n) is 3.50. The Morgan fingerprint density at radius 3 is 2.47 bits per heavy atom. The van der Waals surface area contributed by atoms with Crippen molar-refractivity contribution in [3.63, 3.8) is 0 Å². The van der Waals surface area contributed by atoms with E-state index in [1.807, 2.05) is 30.3 Å². The van der Waals surface area contributed by atoms with Crippen molar-refractivity contribution in [3.8, 4) is 0 Å². The van der Waals surface area contributed by atoms with Gasteiger partial charge in [0.05, 0.1) is 11.5 Å². The molecule has 9 heteroatoms. The largest absolute Gasteiger partial charge is 0.416 e. The van der Waals surface area contributed by atoms with Gasteiger partial charge >= 0.3 is 6.18 Å². The summed E-state index contributed by atoms with van der Waals surface area (Å²) in [7, 11) is 0. The van der Waals surface area contributed by atoms with Gasteiger partial charge in [0, 0.05) is 26.1 Å². The van der Waals surface area contributed by atoms with E-state index < -0.39 is 29.6 Å². The van der Waals surface area contributed by atoms with Crippen molar-refractivity contribution in [2.24, 2.45) is 5.92 Å². The highest BCUT2D eigenvalue weighted by Crippen LogP contribution is 2.30. The molecule has 0 bridgehead atoms. The molecule has 1 saturated heterocycles. The maximum Gasteiger partial charge on any atom is 0.416 e. The van der Waals surface area contributed by atoms with Crippen LogP contribution in [0.15, 0.2) is 54.6 Å². The number of hydrogen-bond donors (Lipinski definition) is 2. The summed E-state index contributed by atoms with van der Waals surface area (Å²) in [6, 6.07) is 13.3. The number of likely N-dealkylation sites (tertiary alicyclic amines) is 1. The van der Waals surface area contributed by atoms with Crippen LogP contribution in [0.2, 0.25) is 0 Å². The van der Waals surface area contributed by atoms with Crippen molar-refractivity contribution in [2.75, 3.05) is 6.54 Å². The van der Waals surface area contributed by atoms with Gasteiger partial charge in [-0.05, 0) is 30.2 Å². The Morgan fingerprint density at radius 2 is 1.78 bits per heavy atom. The van der Waals surface area contributed by atoms with E-state index in [0.717, 1.165) is 17.7 Å². The smallest absolute Gasteiger partial charge is 0.350 e. The van der Waals surface area contributed by atoms with Gasteiger partial charge in [0.1, 0.15) is 6.04 Å². The molecule has 1 heterocycles. The average molecular weight is 447 g/mol. The third kappa shape index (κ3) is 6.09. The molecule has 170 valence electrons. The number of rotatable bonds is 7. The van der Waals surface area contributed by atoms with Gasteiger partial charge in [-0.2, -0.15) is 13.2 Å². The molecule has 2 unspecified atom stereocenters. The summed E-state index contributed by atoms with van der Waals surface area (Å²) >= 11 is 0. The number of nitrogens with zero attached hydrogens (tertiary/aromatic N) is 1. The van der Waals surface area contributed by atoms with Crippen molar-refractivity contribution in [1.82, 2.24) is 15.5 Å². The lowest BCUT2D eigenvalue weighted by Gasteiger charge is -2.19. The second kappa shape index (κ2) is 9.84. The van der Waals surface area contributed by atoms with Crippen LogP contribution in [0.4, 0.5) is 13.2 Å². The SMILES string of the molecule is CC(NC(=O)C1CC(=O)N(Cc2cccc(C(F)(F)F)c2)C1)C(=O)NCc1ccccc1. The first kappa shape index (κ1) is 23.3. The molecule has 2 atom stereocenters. The van der Waals surface area contributed by atoms with Gasteiger partial charge in [0.15, 0.2) is 0 Å². The zero-order valence-corrected chi connectivity index (χ0v) is 17.5. The zero-order chi connectivity index (χ0) is 23.3. The van der Waals surface area contributed by atoms with Crippen molar-refractivity contribution in [2.45, 2.75) is 38.7 Å². The fourth-order valence-corrected chi connectivity index (χ4v) is 3.50. The third-order valence-electron chi connectivity index (χ3n) is 5.27. The fraction of sp³-hybridized carbons (Fsp3) is 0.348. The first-order valence-electron chi connectivity index (χ1n) is 10.2. The molecule has 0 spiro atoms. The lowest BCUT2D eigenvalue weighted by molar-refractivity contribution is -0.137. The topological polar surface area (TPSA) is 78.5 Å². The first-order valence-corrected chi connectivity index (χ1v) is 10.2. The van der Waals surface area contributed by atoms with Gasteiger partial charge < -0.3 is 15.5 Å².